The van der Waals surface area contributed by atoms with E-state index in [4.69, 9.17) is 0 Å². The molecular formula is C9H7BrF3NO2. The van der Waals surface area contributed by atoms with Gasteiger partial charge in [0.1, 0.15) is 0 Å². The van der Waals surface area contributed by atoms with Gasteiger partial charge in [0.2, 0.25) is 0 Å². The summed E-state index contributed by atoms with van der Waals surface area (Å²) in [5, 5.41) is 1.78. The van der Waals surface area contributed by atoms with Crippen LogP contribution in [0.2, 0.25) is 0 Å². The number of amides is 1. The molecule has 1 amide bonds. The van der Waals surface area contributed by atoms with Gasteiger partial charge in [-0.05, 0) is 28.1 Å². The summed E-state index contributed by atoms with van der Waals surface area (Å²) in [5.41, 5.74) is 0. The highest BCUT2D eigenvalue weighted by Gasteiger charge is 2.12. The minimum Gasteiger partial charge on any atom is -0.407 e. The molecule has 0 aliphatic heterocycles. The lowest BCUT2D eigenvalue weighted by atomic mass is 10.3. The molecule has 0 unspecified atom stereocenters. The van der Waals surface area contributed by atoms with E-state index in [0.29, 0.717) is 0 Å². The predicted octanol–water partition coefficient (Wildman–Crippen LogP) is 2.94. The third kappa shape index (κ3) is 3.73. The van der Waals surface area contributed by atoms with Crippen LogP contribution in [0.3, 0.4) is 0 Å². The lowest BCUT2D eigenvalue weighted by Crippen LogP contribution is -2.31. The van der Waals surface area contributed by atoms with E-state index in [1.54, 1.807) is 5.32 Å². The van der Waals surface area contributed by atoms with Crippen LogP contribution in [0.5, 0.6) is 5.75 Å². The fourth-order valence-electron chi connectivity index (χ4n) is 0.859. The number of hydrogen-bond donors (Lipinski definition) is 1. The second kappa shape index (κ2) is 5.74. The van der Waals surface area contributed by atoms with E-state index in [1.807, 2.05) is 0 Å². The minimum atomic E-state index is -2.68. The van der Waals surface area contributed by atoms with Gasteiger partial charge in [-0.25, -0.2) is 18.0 Å². The van der Waals surface area contributed by atoms with Crippen LogP contribution in [-0.4, -0.2) is 19.1 Å². The molecule has 0 radical (unpaired) electrons. The van der Waals surface area contributed by atoms with Gasteiger partial charge in [0.15, 0.2) is 11.6 Å². The maximum absolute atomic E-state index is 13.3. The lowest BCUT2D eigenvalue weighted by Gasteiger charge is -2.07. The Bertz CT molecular complexity index is 387. The van der Waals surface area contributed by atoms with Gasteiger partial charge in [-0.3, -0.25) is 0 Å². The van der Waals surface area contributed by atoms with Crippen molar-refractivity contribution in [3.05, 3.63) is 28.5 Å². The first-order valence-electron chi connectivity index (χ1n) is 4.18. The molecule has 0 aliphatic rings. The van der Waals surface area contributed by atoms with Crippen LogP contribution in [-0.2, 0) is 0 Å². The fourth-order valence-corrected chi connectivity index (χ4v) is 1.21. The molecule has 0 spiro atoms. The van der Waals surface area contributed by atoms with Crippen molar-refractivity contribution in [1.82, 2.24) is 5.32 Å². The molecule has 0 aromatic heterocycles. The molecule has 0 saturated heterocycles. The highest BCUT2D eigenvalue weighted by atomic mass is 79.9. The normalized spacial score (nSPS) is 10.3. The Labute approximate surface area is 97.7 Å². The largest absolute Gasteiger partial charge is 0.412 e. The summed E-state index contributed by atoms with van der Waals surface area (Å²) in [6.45, 7) is -0.839. The van der Waals surface area contributed by atoms with Crippen LogP contribution >= 0.6 is 15.9 Å². The van der Waals surface area contributed by atoms with Gasteiger partial charge in [-0.2, -0.15) is 0 Å². The summed E-state index contributed by atoms with van der Waals surface area (Å²) >= 11 is 2.89. The van der Waals surface area contributed by atoms with E-state index in [1.165, 1.54) is 18.2 Å². The average Bonchev–Trinajstić information content (AvgIpc) is 2.22. The molecule has 0 heterocycles. The zero-order chi connectivity index (χ0) is 12.1. The fraction of sp³-hybridized carbons (Fsp3) is 0.222. The Kier molecular flexibility index (Phi) is 4.60. The SMILES string of the molecule is O=C(NCC(F)F)Oc1cccc(Br)c1F. The maximum atomic E-state index is 13.3. The van der Waals surface area contributed by atoms with Crippen molar-refractivity contribution >= 4 is 22.0 Å². The van der Waals surface area contributed by atoms with E-state index in [0.717, 1.165) is 0 Å². The van der Waals surface area contributed by atoms with Crippen molar-refractivity contribution in [1.29, 1.82) is 0 Å². The first-order valence-corrected chi connectivity index (χ1v) is 4.98. The number of alkyl halides is 2. The third-order valence-electron chi connectivity index (χ3n) is 1.52. The van der Waals surface area contributed by atoms with Gasteiger partial charge in [0, 0.05) is 0 Å². The number of ether oxygens (including phenoxy) is 1. The van der Waals surface area contributed by atoms with E-state index in [-0.39, 0.29) is 10.2 Å². The number of rotatable bonds is 3. The van der Waals surface area contributed by atoms with E-state index in [2.05, 4.69) is 20.7 Å². The van der Waals surface area contributed by atoms with E-state index in [9.17, 15) is 18.0 Å². The van der Waals surface area contributed by atoms with Gasteiger partial charge >= 0.3 is 6.09 Å². The van der Waals surface area contributed by atoms with Crippen molar-refractivity contribution < 1.29 is 22.7 Å². The Balaban J connectivity index is 2.59. The summed E-state index contributed by atoms with van der Waals surface area (Å²) in [5.74, 6) is -1.10. The van der Waals surface area contributed by atoms with Crippen molar-refractivity contribution in [2.24, 2.45) is 0 Å². The first-order chi connectivity index (χ1) is 7.50. The number of benzene rings is 1. The maximum Gasteiger partial charge on any atom is 0.412 e. The summed E-state index contributed by atoms with van der Waals surface area (Å²) in [4.78, 5) is 10.9. The summed E-state index contributed by atoms with van der Waals surface area (Å²) in [6, 6.07) is 4.07. The second-order valence-electron chi connectivity index (χ2n) is 2.71. The van der Waals surface area contributed by atoms with Crippen LogP contribution in [0.1, 0.15) is 0 Å². The van der Waals surface area contributed by atoms with Crippen LogP contribution < -0.4 is 10.1 Å². The van der Waals surface area contributed by atoms with Crippen LogP contribution in [0, 0.1) is 5.82 Å². The smallest absolute Gasteiger partial charge is 0.407 e. The Hall–Kier alpha value is -1.24. The van der Waals surface area contributed by atoms with Crippen molar-refractivity contribution in [2.45, 2.75) is 6.43 Å². The van der Waals surface area contributed by atoms with Crippen LogP contribution in [0.15, 0.2) is 22.7 Å². The van der Waals surface area contributed by atoms with Crippen molar-refractivity contribution in [2.75, 3.05) is 6.54 Å². The Morgan fingerprint density at radius 3 is 2.81 bits per heavy atom. The quantitative estimate of drug-likeness (QED) is 0.931. The van der Waals surface area contributed by atoms with Crippen LogP contribution in [0.25, 0.3) is 0 Å². The van der Waals surface area contributed by atoms with E-state index < -0.39 is 24.9 Å². The number of carbonyl (C=O) groups is 1. The van der Waals surface area contributed by atoms with Gasteiger partial charge < -0.3 is 10.1 Å². The lowest BCUT2D eigenvalue weighted by molar-refractivity contribution is 0.139. The standard InChI is InChI=1S/C9H7BrF3NO2/c10-5-2-1-3-6(8(5)13)16-9(15)14-4-7(11)12/h1-3,7H,4H2,(H,14,15). The molecule has 1 rings (SSSR count). The van der Waals surface area contributed by atoms with E-state index >= 15 is 0 Å². The first kappa shape index (κ1) is 12.8. The van der Waals surface area contributed by atoms with Gasteiger partial charge in [-0.15, -0.1) is 0 Å². The molecule has 3 nitrogen and oxygen atoms in total. The molecule has 16 heavy (non-hydrogen) atoms. The predicted molar refractivity (Wildman–Crippen MR) is 54.1 cm³/mol. The molecule has 0 bridgehead atoms. The van der Waals surface area contributed by atoms with Crippen LogP contribution in [0.4, 0.5) is 18.0 Å². The van der Waals surface area contributed by atoms with Gasteiger partial charge in [-0.1, -0.05) is 6.07 Å². The summed E-state index contributed by atoms with van der Waals surface area (Å²) < 4.78 is 41.3. The second-order valence-corrected chi connectivity index (χ2v) is 3.57. The number of halogens is 4. The molecule has 7 heteroatoms. The number of hydrogen-bond acceptors (Lipinski definition) is 2. The molecule has 0 aliphatic carbocycles. The molecule has 88 valence electrons. The summed E-state index contributed by atoms with van der Waals surface area (Å²) in [6.07, 6.45) is -3.81. The molecule has 0 atom stereocenters. The van der Waals surface area contributed by atoms with Crippen molar-refractivity contribution in [3.8, 4) is 5.75 Å². The molecule has 0 fully saturated rings. The summed E-state index contributed by atoms with van der Waals surface area (Å²) in [7, 11) is 0. The van der Waals surface area contributed by atoms with Gasteiger partial charge in [0.05, 0.1) is 11.0 Å². The zero-order valence-corrected chi connectivity index (χ0v) is 9.43. The Morgan fingerprint density at radius 2 is 2.19 bits per heavy atom. The average molecular weight is 298 g/mol. The highest BCUT2D eigenvalue weighted by Crippen LogP contribution is 2.24. The number of nitrogens with one attached hydrogen (secondary N) is 1. The third-order valence-corrected chi connectivity index (χ3v) is 2.13. The molecule has 1 aromatic rings. The molecule has 1 aromatic carbocycles. The minimum absolute atomic E-state index is 0.117. The van der Waals surface area contributed by atoms with Gasteiger partial charge in [0.25, 0.3) is 6.43 Å². The highest BCUT2D eigenvalue weighted by molar-refractivity contribution is 9.10. The zero-order valence-electron chi connectivity index (χ0n) is 7.84. The Morgan fingerprint density at radius 1 is 1.50 bits per heavy atom. The number of carbonyl (C=O) groups excluding carboxylic acids is 1. The molecular weight excluding hydrogens is 291 g/mol. The molecule has 1 N–H and O–H groups in total. The topological polar surface area (TPSA) is 38.3 Å². The van der Waals surface area contributed by atoms with Crippen molar-refractivity contribution in [3.63, 3.8) is 0 Å². The monoisotopic (exact) mass is 297 g/mol. The molecule has 0 saturated carbocycles.